The molecule has 0 heterocycles. The quantitative estimate of drug-likeness (QED) is 0.315. The van der Waals surface area contributed by atoms with E-state index < -0.39 is 0 Å². The van der Waals surface area contributed by atoms with E-state index >= 15 is 0 Å². The normalized spacial score (nSPS) is 10.6. The third-order valence-electron chi connectivity index (χ3n) is 3.62. The third-order valence-corrected chi connectivity index (χ3v) is 5.13. The van der Waals surface area contributed by atoms with Gasteiger partial charge < -0.3 is 15.7 Å². The van der Waals surface area contributed by atoms with Crippen molar-refractivity contribution in [2.75, 3.05) is 17.6 Å². The smallest absolute Gasteiger partial charge is 0.170 e. The van der Waals surface area contributed by atoms with E-state index in [1.165, 1.54) is 4.90 Å². The van der Waals surface area contributed by atoms with Crippen LogP contribution < -0.4 is 10.6 Å². The highest BCUT2D eigenvalue weighted by atomic mass is 35.5. The molecule has 0 radical (unpaired) electrons. The number of phenols is 1. The van der Waals surface area contributed by atoms with Crippen LogP contribution in [0.15, 0.2) is 65.6 Å². The number of thiocarbonyl (C=S) groups is 1. The molecule has 0 saturated carbocycles. The van der Waals surface area contributed by atoms with E-state index in [-0.39, 0.29) is 5.75 Å². The number of benzene rings is 3. The largest absolute Gasteiger partial charge is 0.507 e. The lowest BCUT2D eigenvalue weighted by atomic mass is 10.1. The summed E-state index contributed by atoms with van der Waals surface area (Å²) >= 11 is 13.0. The maximum Gasteiger partial charge on any atom is 0.170 e. The van der Waals surface area contributed by atoms with Gasteiger partial charge in [-0.1, -0.05) is 35.9 Å². The molecule has 3 rings (SSSR count). The lowest BCUT2D eigenvalue weighted by Gasteiger charge is -2.13. The average molecular weight is 389 g/mol. The summed E-state index contributed by atoms with van der Waals surface area (Å²) in [5.74, 6) is 1.15. The highest BCUT2D eigenvalue weighted by Gasteiger charge is 2.05. The van der Waals surface area contributed by atoms with Gasteiger partial charge in [-0.25, -0.2) is 0 Å². The van der Waals surface area contributed by atoms with E-state index in [2.05, 4.69) is 10.6 Å². The Hall–Kier alpha value is -1.95. The standard InChI is InChI=1S/C19H17ClN2OS2/c20-13-7-9-14(10-8-13)25-12-11-21-19(24)22-17-5-1-4-16-15(17)3-2-6-18(16)23/h1-10,23H,11-12H2,(H2,21,22,24). The van der Waals surface area contributed by atoms with Crippen LogP contribution in [0.3, 0.4) is 0 Å². The second-order valence-electron chi connectivity index (χ2n) is 5.36. The molecule has 3 aromatic rings. The van der Waals surface area contributed by atoms with Gasteiger partial charge in [-0.15, -0.1) is 11.8 Å². The molecule has 0 aliphatic heterocycles. The lowest BCUT2D eigenvalue weighted by molar-refractivity contribution is 0.481. The molecular weight excluding hydrogens is 372 g/mol. The molecule has 0 aromatic heterocycles. The first-order chi connectivity index (χ1) is 12.1. The first-order valence-electron chi connectivity index (χ1n) is 7.77. The maximum absolute atomic E-state index is 9.94. The molecule has 25 heavy (non-hydrogen) atoms. The molecule has 0 atom stereocenters. The minimum Gasteiger partial charge on any atom is -0.507 e. The molecule has 3 nitrogen and oxygen atoms in total. The molecule has 6 heteroatoms. The molecule has 0 unspecified atom stereocenters. The van der Waals surface area contributed by atoms with Gasteiger partial charge in [-0.2, -0.15) is 0 Å². The summed E-state index contributed by atoms with van der Waals surface area (Å²) in [6, 6.07) is 19.0. The second-order valence-corrected chi connectivity index (χ2v) is 7.37. The van der Waals surface area contributed by atoms with Crippen molar-refractivity contribution in [1.82, 2.24) is 5.32 Å². The van der Waals surface area contributed by atoms with Crippen LogP contribution in [0.5, 0.6) is 5.75 Å². The van der Waals surface area contributed by atoms with Crippen LogP contribution in [0, 0.1) is 0 Å². The fourth-order valence-corrected chi connectivity index (χ4v) is 3.54. The van der Waals surface area contributed by atoms with Crippen molar-refractivity contribution in [3.63, 3.8) is 0 Å². The number of nitrogens with one attached hydrogen (secondary N) is 2. The molecule has 0 aliphatic carbocycles. The van der Waals surface area contributed by atoms with Crippen LogP contribution in [0.2, 0.25) is 5.02 Å². The Bertz CT molecular complexity index is 884. The number of aromatic hydroxyl groups is 1. The fraction of sp³-hybridized carbons (Fsp3) is 0.105. The summed E-state index contributed by atoms with van der Waals surface area (Å²) in [6.07, 6.45) is 0. The number of halogens is 1. The van der Waals surface area contributed by atoms with Crippen LogP contribution in [-0.4, -0.2) is 22.5 Å². The van der Waals surface area contributed by atoms with Crippen molar-refractivity contribution < 1.29 is 5.11 Å². The van der Waals surface area contributed by atoms with Crippen molar-refractivity contribution >= 4 is 57.2 Å². The van der Waals surface area contributed by atoms with Crippen molar-refractivity contribution in [2.45, 2.75) is 4.90 Å². The summed E-state index contributed by atoms with van der Waals surface area (Å²) in [5, 5.41) is 19.4. The van der Waals surface area contributed by atoms with Crippen LogP contribution in [0.1, 0.15) is 0 Å². The average Bonchev–Trinajstić information content (AvgIpc) is 2.61. The molecule has 0 amide bonds. The maximum atomic E-state index is 9.94. The lowest BCUT2D eigenvalue weighted by Crippen LogP contribution is -2.30. The van der Waals surface area contributed by atoms with E-state index in [1.807, 2.05) is 54.6 Å². The fourth-order valence-electron chi connectivity index (χ4n) is 2.43. The summed E-state index contributed by atoms with van der Waals surface area (Å²) in [4.78, 5) is 1.18. The van der Waals surface area contributed by atoms with Crippen molar-refractivity contribution in [1.29, 1.82) is 0 Å². The van der Waals surface area contributed by atoms with Crippen LogP contribution in [0.25, 0.3) is 10.8 Å². The van der Waals surface area contributed by atoms with Crippen molar-refractivity contribution in [2.24, 2.45) is 0 Å². The monoisotopic (exact) mass is 388 g/mol. The predicted molar refractivity (Wildman–Crippen MR) is 112 cm³/mol. The van der Waals surface area contributed by atoms with Gasteiger partial charge in [0.25, 0.3) is 0 Å². The molecule has 0 fully saturated rings. The van der Waals surface area contributed by atoms with Crippen LogP contribution >= 0.6 is 35.6 Å². The van der Waals surface area contributed by atoms with Gasteiger partial charge in [0.2, 0.25) is 0 Å². The van der Waals surface area contributed by atoms with Crippen LogP contribution in [0.4, 0.5) is 5.69 Å². The Morgan fingerprint density at radius 2 is 1.72 bits per heavy atom. The van der Waals surface area contributed by atoms with E-state index in [9.17, 15) is 5.11 Å². The summed E-state index contributed by atoms with van der Waals surface area (Å²) < 4.78 is 0. The Morgan fingerprint density at radius 1 is 1.00 bits per heavy atom. The molecule has 3 aromatic carbocycles. The molecular formula is C19H17ClN2OS2. The minimum atomic E-state index is 0.263. The Kier molecular flexibility index (Phi) is 6.02. The van der Waals surface area contributed by atoms with Gasteiger partial charge in [-0.3, -0.25) is 0 Å². The molecule has 128 valence electrons. The number of fused-ring (bicyclic) bond motifs is 1. The minimum absolute atomic E-state index is 0.263. The van der Waals surface area contributed by atoms with Gasteiger partial charge in [0.15, 0.2) is 5.11 Å². The van der Waals surface area contributed by atoms with Gasteiger partial charge in [0.05, 0.1) is 0 Å². The molecule has 0 saturated heterocycles. The number of anilines is 1. The second kappa shape index (κ2) is 8.43. The molecule has 0 spiro atoms. The highest BCUT2D eigenvalue weighted by Crippen LogP contribution is 2.29. The zero-order chi connectivity index (χ0) is 17.6. The number of thioether (sulfide) groups is 1. The topological polar surface area (TPSA) is 44.3 Å². The summed E-state index contributed by atoms with van der Waals surface area (Å²) in [7, 11) is 0. The zero-order valence-electron chi connectivity index (χ0n) is 13.3. The van der Waals surface area contributed by atoms with E-state index in [4.69, 9.17) is 23.8 Å². The Balaban J connectivity index is 1.53. The number of rotatable bonds is 5. The summed E-state index contributed by atoms with van der Waals surface area (Å²) in [6.45, 7) is 0.745. The van der Waals surface area contributed by atoms with Crippen LogP contribution in [-0.2, 0) is 0 Å². The highest BCUT2D eigenvalue weighted by molar-refractivity contribution is 7.99. The zero-order valence-corrected chi connectivity index (χ0v) is 15.7. The first kappa shape index (κ1) is 17.9. The predicted octanol–water partition coefficient (Wildman–Crippen LogP) is 5.28. The third kappa shape index (κ3) is 4.78. The van der Waals surface area contributed by atoms with Crippen molar-refractivity contribution in [3.8, 4) is 5.75 Å². The van der Waals surface area contributed by atoms with Gasteiger partial charge in [0.1, 0.15) is 5.75 Å². The summed E-state index contributed by atoms with van der Waals surface area (Å²) in [5.41, 5.74) is 0.872. The number of hydrogen-bond donors (Lipinski definition) is 3. The van der Waals surface area contributed by atoms with Gasteiger partial charge >= 0.3 is 0 Å². The Labute approximate surface area is 161 Å². The van der Waals surface area contributed by atoms with E-state index in [0.717, 1.165) is 33.8 Å². The number of phenolic OH excluding ortho intramolecular Hbond substituents is 1. The molecule has 0 aliphatic rings. The molecule has 0 bridgehead atoms. The first-order valence-corrected chi connectivity index (χ1v) is 9.54. The van der Waals surface area contributed by atoms with Gasteiger partial charge in [0, 0.05) is 38.7 Å². The van der Waals surface area contributed by atoms with Gasteiger partial charge in [-0.05, 0) is 48.6 Å². The number of hydrogen-bond acceptors (Lipinski definition) is 3. The SMILES string of the molecule is Oc1cccc2c(NC(=S)NCCSc3ccc(Cl)cc3)cccc12. The van der Waals surface area contributed by atoms with Crippen molar-refractivity contribution in [3.05, 3.63) is 65.7 Å². The molecule has 3 N–H and O–H groups in total. The Morgan fingerprint density at radius 3 is 2.52 bits per heavy atom. The van der Waals surface area contributed by atoms with E-state index in [0.29, 0.717) is 5.11 Å². The van der Waals surface area contributed by atoms with E-state index in [1.54, 1.807) is 17.8 Å².